The van der Waals surface area contributed by atoms with Gasteiger partial charge in [0.05, 0.1) is 11.0 Å². The van der Waals surface area contributed by atoms with Crippen LogP contribution in [0.5, 0.6) is 0 Å². The SMILES string of the molecule is CC(C)C(CNc1nc2ccccc2nc1N)C(C)C. The summed E-state index contributed by atoms with van der Waals surface area (Å²) in [5.41, 5.74) is 7.69. The molecule has 0 fully saturated rings. The number of benzene rings is 1. The van der Waals surface area contributed by atoms with Gasteiger partial charge < -0.3 is 11.1 Å². The van der Waals surface area contributed by atoms with Crippen molar-refractivity contribution in [3.05, 3.63) is 24.3 Å². The zero-order valence-electron chi connectivity index (χ0n) is 12.7. The van der Waals surface area contributed by atoms with E-state index in [1.54, 1.807) is 0 Å². The highest BCUT2D eigenvalue weighted by Gasteiger charge is 2.18. The van der Waals surface area contributed by atoms with E-state index in [0.717, 1.165) is 17.6 Å². The van der Waals surface area contributed by atoms with Crippen molar-refractivity contribution in [1.82, 2.24) is 9.97 Å². The topological polar surface area (TPSA) is 63.8 Å². The van der Waals surface area contributed by atoms with Gasteiger partial charge in [-0.25, -0.2) is 9.97 Å². The smallest absolute Gasteiger partial charge is 0.169 e. The molecular weight excluding hydrogens is 248 g/mol. The highest BCUT2D eigenvalue weighted by molar-refractivity contribution is 5.79. The Morgan fingerprint density at radius 3 is 2.10 bits per heavy atom. The minimum atomic E-state index is 0.468. The lowest BCUT2D eigenvalue weighted by atomic mass is 9.85. The summed E-state index contributed by atoms with van der Waals surface area (Å²) in [6.45, 7) is 9.87. The first-order valence-corrected chi connectivity index (χ1v) is 7.25. The van der Waals surface area contributed by atoms with Gasteiger partial charge in [-0.15, -0.1) is 0 Å². The molecule has 1 aromatic heterocycles. The van der Waals surface area contributed by atoms with E-state index in [9.17, 15) is 0 Å². The van der Waals surface area contributed by atoms with Crippen LogP contribution in [0.4, 0.5) is 11.6 Å². The summed E-state index contributed by atoms with van der Waals surface area (Å²) in [5.74, 6) is 2.99. The molecule has 0 aliphatic rings. The largest absolute Gasteiger partial charge is 0.381 e. The van der Waals surface area contributed by atoms with Gasteiger partial charge in [-0.2, -0.15) is 0 Å². The van der Waals surface area contributed by atoms with Gasteiger partial charge in [0.1, 0.15) is 0 Å². The highest BCUT2D eigenvalue weighted by Crippen LogP contribution is 2.23. The van der Waals surface area contributed by atoms with E-state index in [1.165, 1.54) is 0 Å². The minimum absolute atomic E-state index is 0.468. The Bertz CT molecular complexity index is 570. The molecule has 4 heteroatoms. The molecule has 20 heavy (non-hydrogen) atoms. The van der Waals surface area contributed by atoms with Crippen molar-refractivity contribution < 1.29 is 0 Å². The lowest BCUT2D eigenvalue weighted by molar-refractivity contribution is 0.304. The number of para-hydroxylation sites is 2. The summed E-state index contributed by atoms with van der Waals surface area (Å²) in [6, 6.07) is 7.78. The molecule has 0 radical (unpaired) electrons. The van der Waals surface area contributed by atoms with Crippen LogP contribution in [0.15, 0.2) is 24.3 Å². The van der Waals surface area contributed by atoms with Gasteiger partial charge in [0.2, 0.25) is 0 Å². The predicted molar refractivity (Wildman–Crippen MR) is 85.6 cm³/mol. The van der Waals surface area contributed by atoms with E-state index in [4.69, 9.17) is 5.73 Å². The molecule has 1 aromatic carbocycles. The Balaban J connectivity index is 2.19. The lowest BCUT2D eigenvalue weighted by Crippen LogP contribution is -2.25. The second-order valence-corrected chi connectivity index (χ2v) is 5.98. The molecule has 2 rings (SSSR count). The molecule has 0 aliphatic heterocycles. The Morgan fingerprint density at radius 2 is 1.55 bits per heavy atom. The fourth-order valence-corrected chi connectivity index (χ4v) is 2.60. The standard InChI is InChI=1S/C16H24N4/c1-10(2)12(11(3)4)9-18-16-15(17)19-13-7-5-6-8-14(13)20-16/h5-8,10-12H,9H2,1-4H3,(H2,17,19)(H,18,20). The summed E-state index contributed by atoms with van der Waals surface area (Å²) >= 11 is 0. The fourth-order valence-electron chi connectivity index (χ4n) is 2.60. The Kier molecular flexibility index (Phi) is 4.42. The quantitative estimate of drug-likeness (QED) is 0.873. The molecule has 0 atom stereocenters. The molecule has 0 saturated heterocycles. The van der Waals surface area contributed by atoms with E-state index in [1.807, 2.05) is 24.3 Å². The predicted octanol–water partition coefficient (Wildman–Crippen LogP) is 3.55. The Hall–Kier alpha value is -1.84. The van der Waals surface area contributed by atoms with Crippen LogP contribution in [0.1, 0.15) is 27.7 Å². The first-order valence-electron chi connectivity index (χ1n) is 7.25. The zero-order valence-corrected chi connectivity index (χ0v) is 12.7. The maximum atomic E-state index is 5.99. The van der Waals surface area contributed by atoms with Crippen molar-refractivity contribution in [1.29, 1.82) is 0 Å². The van der Waals surface area contributed by atoms with Gasteiger partial charge in [0, 0.05) is 6.54 Å². The summed E-state index contributed by atoms with van der Waals surface area (Å²) < 4.78 is 0. The van der Waals surface area contributed by atoms with Gasteiger partial charge in [0.15, 0.2) is 11.6 Å². The summed E-state index contributed by atoms with van der Waals surface area (Å²) in [4.78, 5) is 8.96. The number of anilines is 2. The van der Waals surface area contributed by atoms with Crippen LogP contribution in [0.25, 0.3) is 11.0 Å². The number of nitrogens with two attached hydrogens (primary N) is 1. The van der Waals surface area contributed by atoms with Crippen LogP contribution < -0.4 is 11.1 Å². The van der Waals surface area contributed by atoms with Gasteiger partial charge in [-0.3, -0.25) is 0 Å². The van der Waals surface area contributed by atoms with Gasteiger partial charge >= 0.3 is 0 Å². The van der Waals surface area contributed by atoms with Crippen LogP contribution in [-0.2, 0) is 0 Å². The molecule has 1 heterocycles. The van der Waals surface area contributed by atoms with Crippen LogP contribution in [0, 0.1) is 17.8 Å². The third kappa shape index (κ3) is 3.18. The number of nitrogens with one attached hydrogen (secondary N) is 1. The van der Waals surface area contributed by atoms with Crippen molar-refractivity contribution in [3.63, 3.8) is 0 Å². The number of rotatable bonds is 5. The van der Waals surface area contributed by atoms with Crippen molar-refractivity contribution in [2.75, 3.05) is 17.6 Å². The van der Waals surface area contributed by atoms with Crippen LogP contribution >= 0.6 is 0 Å². The number of fused-ring (bicyclic) bond motifs is 1. The van der Waals surface area contributed by atoms with Crippen molar-refractivity contribution in [3.8, 4) is 0 Å². The van der Waals surface area contributed by atoms with E-state index < -0.39 is 0 Å². The first kappa shape index (κ1) is 14.6. The monoisotopic (exact) mass is 272 g/mol. The number of hydrogen-bond donors (Lipinski definition) is 2. The number of nitrogen functional groups attached to an aromatic ring is 1. The molecule has 0 saturated carbocycles. The fraction of sp³-hybridized carbons (Fsp3) is 0.500. The molecule has 0 unspecified atom stereocenters. The normalized spacial score (nSPS) is 11.8. The maximum Gasteiger partial charge on any atom is 0.169 e. The zero-order chi connectivity index (χ0) is 14.7. The average molecular weight is 272 g/mol. The van der Waals surface area contributed by atoms with Gasteiger partial charge in [-0.05, 0) is 29.9 Å². The van der Waals surface area contributed by atoms with E-state index in [0.29, 0.717) is 29.4 Å². The van der Waals surface area contributed by atoms with Crippen molar-refractivity contribution >= 4 is 22.7 Å². The maximum absolute atomic E-state index is 5.99. The molecule has 0 spiro atoms. The third-order valence-corrected chi connectivity index (χ3v) is 3.82. The molecule has 3 N–H and O–H groups in total. The van der Waals surface area contributed by atoms with Crippen molar-refractivity contribution in [2.45, 2.75) is 27.7 Å². The molecular formula is C16H24N4. The summed E-state index contributed by atoms with van der Waals surface area (Å²) in [7, 11) is 0. The molecule has 0 amide bonds. The lowest BCUT2D eigenvalue weighted by Gasteiger charge is -2.25. The Labute approximate surface area is 120 Å². The van der Waals surface area contributed by atoms with E-state index >= 15 is 0 Å². The van der Waals surface area contributed by atoms with E-state index in [2.05, 4.69) is 43.0 Å². The second-order valence-electron chi connectivity index (χ2n) is 5.98. The molecule has 0 aliphatic carbocycles. The average Bonchev–Trinajstić information content (AvgIpc) is 2.38. The van der Waals surface area contributed by atoms with Gasteiger partial charge in [0.25, 0.3) is 0 Å². The first-order chi connectivity index (χ1) is 9.49. The van der Waals surface area contributed by atoms with E-state index in [-0.39, 0.29) is 0 Å². The highest BCUT2D eigenvalue weighted by atomic mass is 15.1. The minimum Gasteiger partial charge on any atom is -0.381 e. The van der Waals surface area contributed by atoms with Gasteiger partial charge in [-0.1, -0.05) is 39.8 Å². The molecule has 108 valence electrons. The molecule has 0 bridgehead atoms. The number of aromatic nitrogens is 2. The van der Waals surface area contributed by atoms with Crippen LogP contribution in [0.3, 0.4) is 0 Å². The van der Waals surface area contributed by atoms with Crippen molar-refractivity contribution in [2.24, 2.45) is 17.8 Å². The molecule has 2 aromatic rings. The summed E-state index contributed by atoms with van der Waals surface area (Å²) in [5, 5.41) is 3.37. The second kappa shape index (κ2) is 6.07. The summed E-state index contributed by atoms with van der Waals surface area (Å²) in [6.07, 6.45) is 0. The van der Waals surface area contributed by atoms with Crippen LogP contribution in [-0.4, -0.2) is 16.5 Å². The van der Waals surface area contributed by atoms with Crippen LogP contribution in [0.2, 0.25) is 0 Å². The number of hydrogen-bond acceptors (Lipinski definition) is 4. The Morgan fingerprint density at radius 1 is 1.00 bits per heavy atom. The molecule has 4 nitrogen and oxygen atoms in total. The third-order valence-electron chi connectivity index (χ3n) is 3.82. The number of nitrogens with zero attached hydrogens (tertiary/aromatic N) is 2.